The summed E-state index contributed by atoms with van der Waals surface area (Å²) in [5.74, 6) is 0.783. The standard InChI is InChI=1S/C14H22N2OS/c1-11(9-13-3-2-8-18-13)16-14(17)10-12-4-6-15-7-5-12/h2-3,8,11-12,15H,4-7,9-10H2,1H3,(H,16,17). The Labute approximate surface area is 113 Å². The molecule has 0 aromatic carbocycles. The highest BCUT2D eigenvalue weighted by atomic mass is 32.1. The monoisotopic (exact) mass is 266 g/mol. The van der Waals surface area contributed by atoms with Crippen LogP contribution in [0.1, 0.15) is 31.1 Å². The van der Waals surface area contributed by atoms with Gasteiger partial charge in [-0.1, -0.05) is 6.07 Å². The molecule has 1 saturated heterocycles. The van der Waals surface area contributed by atoms with Gasteiger partial charge < -0.3 is 10.6 Å². The molecule has 100 valence electrons. The molecule has 2 rings (SSSR count). The predicted octanol–water partition coefficient (Wildman–Crippen LogP) is 2.18. The molecule has 1 fully saturated rings. The van der Waals surface area contributed by atoms with E-state index in [0.29, 0.717) is 12.3 Å². The van der Waals surface area contributed by atoms with Crippen molar-refractivity contribution in [3.8, 4) is 0 Å². The van der Waals surface area contributed by atoms with Crippen LogP contribution < -0.4 is 10.6 Å². The predicted molar refractivity (Wildman–Crippen MR) is 75.8 cm³/mol. The number of nitrogens with one attached hydrogen (secondary N) is 2. The lowest BCUT2D eigenvalue weighted by molar-refractivity contribution is -0.122. The topological polar surface area (TPSA) is 41.1 Å². The Morgan fingerprint density at radius 1 is 1.56 bits per heavy atom. The van der Waals surface area contributed by atoms with Crippen LogP contribution in [0.15, 0.2) is 17.5 Å². The molecule has 1 aliphatic rings. The van der Waals surface area contributed by atoms with E-state index in [1.54, 1.807) is 11.3 Å². The van der Waals surface area contributed by atoms with Crippen molar-refractivity contribution in [2.24, 2.45) is 5.92 Å². The summed E-state index contributed by atoms with van der Waals surface area (Å²) in [6, 6.07) is 4.42. The summed E-state index contributed by atoms with van der Waals surface area (Å²) in [6.45, 7) is 4.20. The summed E-state index contributed by atoms with van der Waals surface area (Å²) in [7, 11) is 0. The normalized spacial score (nSPS) is 18.5. The number of piperidine rings is 1. The fourth-order valence-electron chi connectivity index (χ4n) is 2.46. The van der Waals surface area contributed by atoms with Crippen LogP contribution in [0.5, 0.6) is 0 Å². The van der Waals surface area contributed by atoms with E-state index in [2.05, 4.69) is 35.1 Å². The molecule has 2 N–H and O–H groups in total. The maximum absolute atomic E-state index is 11.9. The number of hydrogen-bond donors (Lipinski definition) is 2. The van der Waals surface area contributed by atoms with Crippen molar-refractivity contribution in [2.45, 2.75) is 38.6 Å². The zero-order chi connectivity index (χ0) is 12.8. The van der Waals surface area contributed by atoms with Gasteiger partial charge in [-0.15, -0.1) is 11.3 Å². The Kier molecular flexibility index (Phi) is 5.20. The number of amides is 1. The highest BCUT2D eigenvalue weighted by Gasteiger charge is 2.17. The first-order valence-corrected chi connectivity index (χ1v) is 7.64. The highest BCUT2D eigenvalue weighted by Crippen LogP contribution is 2.16. The average Bonchev–Trinajstić information content (AvgIpc) is 2.82. The quantitative estimate of drug-likeness (QED) is 0.857. The molecule has 0 aliphatic carbocycles. The largest absolute Gasteiger partial charge is 0.353 e. The van der Waals surface area contributed by atoms with Gasteiger partial charge in [0.05, 0.1) is 0 Å². The van der Waals surface area contributed by atoms with Gasteiger partial charge in [-0.05, 0) is 50.2 Å². The van der Waals surface area contributed by atoms with Crippen molar-refractivity contribution in [1.29, 1.82) is 0 Å². The molecule has 0 bridgehead atoms. The molecule has 0 radical (unpaired) electrons. The molecule has 18 heavy (non-hydrogen) atoms. The first-order chi connectivity index (χ1) is 8.74. The van der Waals surface area contributed by atoms with Crippen molar-refractivity contribution in [3.63, 3.8) is 0 Å². The van der Waals surface area contributed by atoms with Crippen LogP contribution in [0.25, 0.3) is 0 Å². The average molecular weight is 266 g/mol. The fourth-order valence-corrected chi connectivity index (χ4v) is 3.30. The van der Waals surface area contributed by atoms with E-state index in [4.69, 9.17) is 0 Å². The van der Waals surface area contributed by atoms with Gasteiger partial charge in [0.25, 0.3) is 0 Å². The molecular weight excluding hydrogens is 244 g/mol. The van der Waals surface area contributed by atoms with Crippen LogP contribution in [0.4, 0.5) is 0 Å². The second-order valence-corrected chi connectivity index (χ2v) is 6.18. The molecule has 1 atom stereocenters. The van der Waals surface area contributed by atoms with Gasteiger partial charge in [-0.25, -0.2) is 0 Å². The summed E-state index contributed by atoms with van der Waals surface area (Å²) in [6.07, 6.45) is 3.89. The second-order valence-electron chi connectivity index (χ2n) is 5.15. The second kappa shape index (κ2) is 6.90. The SMILES string of the molecule is CC(Cc1cccs1)NC(=O)CC1CCNCC1. The third-order valence-electron chi connectivity index (χ3n) is 3.43. The number of hydrogen-bond acceptors (Lipinski definition) is 3. The third-order valence-corrected chi connectivity index (χ3v) is 4.33. The minimum Gasteiger partial charge on any atom is -0.353 e. The van der Waals surface area contributed by atoms with Crippen molar-refractivity contribution in [1.82, 2.24) is 10.6 Å². The van der Waals surface area contributed by atoms with Crippen molar-refractivity contribution >= 4 is 17.2 Å². The maximum Gasteiger partial charge on any atom is 0.220 e. The molecule has 1 aromatic heterocycles. The Balaban J connectivity index is 1.69. The Bertz CT molecular complexity index is 358. The lowest BCUT2D eigenvalue weighted by atomic mass is 9.94. The Hall–Kier alpha value is -0.870. The van der Waals surface area contributed by atoms with Crippen LogP contribution >= 0.6 is 11.3 Å². The van der Waals surface area contributed by atoms with E-state index in [1.807, 2.05) is 0 Å². The minimum absolute atomic E-state index is 0.214. The van der Waals surface area contributed by atoms with Gasteiger partial charge in [-0.3, -0.25) is 4.79 Å². The lowest BCUT2D eigenvalue weighted by Gasteiger charge is -2.23. The summed E-state index contributed by atoms with van der Waals surface area (Å²) in [4.78, 5) is 13.3. The van der Waals surface area contributed by atoms with Crippen LogP contribution in [0, 0.1) is 5.92 Å². The molecule has 2 heterocycles. The molecular formula is C14H22N2OS. The molecule has 1 aromatic rings. The Morgan fingerprint density at radius 3 is 3.00 bits per heavy atom. The Morgan fingerprint density at radius 2 is 2.33 bits per heavy atom. The first kappa shape index (κ1) is 13.6. The fraction of sp³-hybridized carbons (Fsp3) is 0.643. The maximum atomic E-state index is 11.9. The zero-order valence-electron chi connectivity index (χ0n) is 10.9. The van der Waals surface area contributed by atoms with Crippen LogP contribution in [-0.4, -0.2) is 25.0 Å². The smallest absolute Gasteiger partial charge is 0.220 e. The molecule has 0 spiro atoms. The number of rotatable bonds is 5. The van der Waals surface area contributed by atoms with Gasteiger partial charge >= 0.3 is 0 Å². The van der Waals surface area contributed by atoms with E-state index in [0.717, 1.165) is 32.4 Å². The van der Waals surface area contributed by atoms with Gasteiger partial charge in [-0.2, -0.15) is 0 Å². The van der Waals surface area contributed by atoms with Crippen molar-refractivity contribution < 1.29 is 4.79 Å². The summed E-state index contributed by atoms with van der Waals surface area (Å²) < 4.78 is 0. The van der Waals surface area contributed by atoms with Crippen LogP contribution in [-0.2, 0) is 11.2 Å². The highest BCUT2D eigenvalue weighted by molar-refractivity contribution is 7.09. The van der Waals surface area contributed by atoms with Crippen molar-refractivity contribution in [2.75, 3.05) is 13.1 Å². The minimum atomic E-state index is 0.214. The van der Waals surface area contributed by atoms with E-state index < -0.39 is 0 Å². The summed E-state index contributed by atoms with van der Waals surface area (Å²) in [5.41, 5.74) is 0. The van der Waals surface area contributed by atoms with E-state index in [9.17, 15) is 4.79 Å². The number of thiophene rings is 1. The van der Waals surface area contributed by atoms with Gasteiger partial charge in [0.2, 0.25) is 5.91 Å². The lowest BCUT2D eigenvalue weighted by Crippen LogP contribution is -2.37. The van der Waals surface area contributed by atoms with Crippen molar-refractivity contribution in [3.05, 3.63) is 22.4 Å². The molecule has 1 amide bonds. The number of carbonyl (C=O) groups excluding carboxylic acids is 1. The molecule has 0 saturated carbocycles. The molecule has 4 heteroatoms. The molecule has 1 unspecified atom stereocenters. The molecule has 1 aliphatic heterocycles. The molecule has 3 nitrogen and oxygen atoms in total. The van der Waals surface area contributed by atoms with E-state index in [-0.39, 0.29) is 11.9 Å². The van der Waals surface area contributed by atoms with Gasteiger partial charge in [0, 0.05) is 23.8 Å². The van der Waals surface area contributed by atoms with Gasteiger partial charge in [0.15, 0.2) is 0 Å². The summed E-state index contributed by atoms with van der Waals surface area (Å²) in [5, 5.41) is 8.52. The van der Waals surface area contributed by atoms with E-state index >= 15 is 0 Å². The summed E-state index contributed by atoms with van der Waals surface area (Å²) >= 11 is 1.75. The first-order valence-electron chi connectivity index (χ1n) is 6.76. The van der Waals surface area contributed by atoms with E-state index in [1.165, 1.54) is 4.88 Å². The third kappa shape index (κ3) is 4.42. The number of carbonyl (C=O) groups is 1. The van der Waals surface area contributed by atoms with Crippen LogP contribution in [0.3, 0.4) is 0 Å². The zero-order valence-corrected chi connectivity index (χ0v) is 11.8. The van der Waals surface area contributed by atoms with Gasteiger partial charge in [0.1, 0.15) is 0 Å². The van der Waals surface area contributed by atoms with Crippen LogP contribution in [0.2, 0.25) is 0 Å².